The Morgan fingerprint density at radius 1 is 0.826 bits per heavy atom. The highest BCUT2D eigenvalue weighted by Crippen LogP contribution is 2.12. The number of hydrogen-bond donors (Lipinski definition) is 0. The molecule has 1 aromatic rings. The summed E-state index contributed by atoms with van der Waals surface area (Å²) in [6.45, 7) is 10.4. The molecule has 1 heterocycles. The number of imidazole rings is 1. The standard InChI is InChI=1S/C21H41N2/c1-5-7-9-11-13-15-17-22-18-19-23(20(3)4)21(22)16-14-12-10-8-6-2/h18-20H,5-17H2,1-4H3/q+1. The zero-order chi connectivity index (χ0) is 16.9. The van der Waals surface area contributed by atoms with Gasteiger partial charge in [-0.15, -0.1) is 0 Å². The molecule has 0 saturated carbocycles. The van der Waals surface area contributed by atoms with Crippen molar-refractivity contribution < 1.29 is 4.57 Å². The van der Waals surface area contributed by atoms with Gasteiger partial charge in [-0.05, 0) is 33.1 Å². The average molecular weight is 322 g/mol. The van der Waals surface area contributed by atoms with Crippen molar-refractivity contribution in [2.45, 2.75) is 117 Å². The molecule has 0 aliphatic rings. The van der Waals surface area contributed by atoms with Crippen LogP contribution < -0.4 is 4.57 Å². The van der Waals surface area contributed by atoms with Crippen molar-refractivity contribution in [3.8, 4) is 0 Å². The molecular formula is C21H41N2+. The Balaban J connectivity index is 2.44. The molecule has 1 aromatic heterocycles. The van der Waals surface area contributed by atoms with Crippen LogP contribution in [0.3, 0.4) is 0 Å². The van der Waals surface area contributed by atoms with Gasteiger partial charge in [-0.3, -0.25) is 0 Å². The molecule has 0 N–H and O–H groups in total. The first-order valence-electron chi connectivity index (χ1n) is 10.3. The van der Waals surface area contributed by atoms with E-state index in [1.54, 1.807) is 5.82 Å². The SMILES string of the molecule is CCCCCCCC[n+]1ccn(C(C)C)c1CCCCCCC. The summed E-state index contributed by atoms with van der Waals surface area (Å²) in [6.07, 6.45) is 21.0. The molecule has 134 valence electrons. The Morgan fingerprint density at radius 2 is 1.39 bits per heavy atom. The van der Waals surface area contributed by atoms with E-state index in [-0.39, 0.29) is 0 Å². The summed E-state index contributed by atoms with van der Waals surface area (Å²) in [5.74, 6) is 1.55. The molecule has 0 aliphatic heterocycles. The van der Waals surface area contributed by atoms with Crippen LogP contribution in [-0.4, -0.2) is 4.57 Å². The monoisotopic (exact) mass is 321 g/mol. The molecule has 0 spiro atoms. The third-order valence-corrected chi connectivity index (χ3v) is 4.85. The zero-order valence-corrected chi connectivity index (χ0v) is 16.3. The fraction of sp³-hybridized carbons (Fsp3) is 0.857. The van der Waals surface area contributed by atoms with E-state index in [1.807, 2.05) is 0 Å². The highest BCUT2D eigenvalue weighted by Gasteiger charge is 2.18. The molecule has 0 amide bonds. The third-order valence-electron chi connectivity index (χ3n) is 4.85. The normalized spacial score (nSPS) is 11.5. The first-order chi connectivity index (χ1) is 11.2. The molecule has 0 saturated heterocycles. The van der Waals surface area contributed by atoms with Gasteiger partial charge in [0, 0.05) is 6.42 Å². The minimum atomic E-state index is 0.575. The van der Waals surface area contributed by atoms with Gasteiger partial charge >= 0.3 is 0 Å². The lowest BCUT2D eigenvalue weighted by molar-refractivity contribution is -0.704. The maximum absolute atomic E-state index is 2.53. The largest absolute Gasteiger partial charge is 0.256 e. The van der Waals surface area contributed by atoms with Gasteiger partial charge in [0.15, 0.2) is 0 Å². The second kappa shape index (κ2) is 12.6. The van der Waals surface area contributed by atoms with Crippen molar-refractivity contribution in [2.24, 2.45) is 0 Å². The van der Waals surface area contributed by atoms with Crippen LogP contribution in [0.2, 0.25) is 0 Å². The molecule has 1 rings (SSSR count). The Kier molecular flexibility index (Phi) is 11.1. The topological polar surface area (TPSA) is 8.81 Å². The number of hydrogen-bond acceptors (Lipinski definition) is 0. The number of rotatable bonds is 14. The summed E-state index contributed by atoms with van der Waals surface area (Å²) in [6, 6.07) is 0.575. The van der Waals surface area contributed by atoms with Crippen molar-refractivity contribution >= 4 is 0 Å². The molecule has 23 heavy (non-hydrogen) atoms. The van der Waals surface area contributed by atoms with Crippen molar-refractivity contribution in [2.75, 3.05) is 0 Å². The molecule has 0 aliphatic carbocycles. The van der Waals surface area contributed by atoms with E-state index in [0.29, 0.717) is 6.04 Å². The number of aromatic nitrogens is 2. The van der Waals surface area contributed by atoms with Crippen LogP contribution in [0.25, 0.3) is 0 Å². The van der Waals surface area contributed by atoms with Crippen molar-refractivity contribution in [3.05, 3.63) is 18.2 Å². The van der Waals surface area contributed by atoms with Gasteiger partial charge in [0.25, 0.3) is 5.82 Å². The predicted molar refractivity (Wildman–Crippen MR) is 101 cm³/mol. The molecule has 0 atom stereocenters. The van der Waals surface area contributed by atoms with E-state index in [1.165, 1.54) is 83.6 Å². The van der Waals surface area contributed by atoms with Crippen LogP contribution in [0, 0.1) is 0 Å². The van der Waals surface area contributed by atoms with Crippen LogP contribution in [0.15, 0.2) is 12.4 Å². The van der Waals surface area contributed by atoms with E-state index in [4.69, 9.17) is 0 Å². The summed E-state index contributed by atoms with van der Waals surface area (Å²) in [5.41, 5.74) is 0. The molecule has 0 fully saturated rings. The van der Waals surface area contributed by atoms with Crippen molar-refractivity contribution in [3.63, 3.8) is 0 Å². The zero-order valence-electron chi connectivity index (χ0n) is 16.3. The second-order valence-corrected chi connectivity index (χ2v) is 7.34. The molecular weight excluding hydrogens is 280 g/mol. The van der Waals surface area contributed by atoms with Crippen LogP contribution in [0.4, 0.5) is 0 Å². The van der Waals surface area contributed by atoms with Gasteiger partial charge in [0.05, 0.1) is 12.6 Å². The number of nitrogens with zero attached hydrogens (tertiary/aromatic N) is 2. The maximum Gasteiger partial charge on any atom is 0.256 e. The first-order valence-corrected chi connectivity index (χ1v) is 10.3. The lowest BCUT2D eigenvalue weighted by atomic mass is 10.1. The average Bonchev–Trinajstić information content (AvgIpc) is 2.94. The number of unbranched alkanes of at least 4 members (excludes halogenated alkanes) is 9. The van der Waals surface area contributed by atoms with Gasteiger partial charge in [0.2, 0.25) is 0 Å². The van der Waals surface area contributed by atoms with Crippen molar-refractivity contribution in [1.29, 1.82) is 0 Å². The fourth-order valence-electron chi connectivity index (χ4n) is 3.37. The predicted octanol–water partition coefficient (Wildman–Crippen LogP) is 6.23. The highest BCUT2D eigenvalue weighted by atomic mass is 15.2. The van der Waals surface area contributed by atoms with Crippen LogP contribution >= 0.6 is 0 Å². The Labute approximate surface area is 145 Å². The van der Waals surface area contributed by atoms with E-state index in [2.05, 4.69) is 49.2 Å². The van der Waals surface area contributed by atoms with Gasteiger partial charge in [0.1, 0.15) is 12.4 Å². The van der Waals surface area contributed by atoms with E-state index < -0.39 is 0 Å². The fourth-order valence-corrected chi connectivity index (χ4v) is 3.37. The summed E-state index contributed by atoms with van der Waals surface area (Å²) < 4.78 is 5.01. The van der Waals surface area contributed by atoms with Crippen LogP contribution in [-0.2, 0) is 13.0 Å². The minimum absolute atomic E-state index is 0.575. The molecule has 0 unspecified atom stereocenters. The third kappa shape index (κ3) is 8.04. The molecule has 2 nitrogen and oxygen atoms in total. The quantitative estimate of drug-likeness (QED) is 0.284. The lowest BCUT2D eigenvalue weighted by Gasteiger charge is -2.08. The molecule has 0 aromatic carbocycles. The van der Waals surface area contributed by atoms with E-state index in [9.17, 15) is 0 Å². The van der Waals surface area contributed by atoms with Crippen molar-refractivity contribution in [1.82, 2.24) is 4.57 Å². The van der Waals surface area contributed by atoms with Gasteiger partial charge in [-0.2, -0.15) is 0 Å². The van der Waals surface area contributed by atoms with E-state index in [0.717, 1.165) is 0 Å². The summed E-state index contributed by atoms with van der Waals surface area (Å²) in [5, 5.41) is 0. The number of aryl methyl sites for hydroxylation is 1. The lowest BCUT2D eigenvalue weighted by Crippen LogP contribution is -2.37. The van der Waals surface area contributed by atoms with Gasteiger partial charge in [-0.1, -0.05) is 65.2 Å². The minimum Gasteiger partial charge on any atom is -0.234 e. The Morgan fingerprint density at radius 3 is 2.00 bits per heavy atom. The first kappa shape index (κ1) is 20.3. The van der Waals surface area contributed by atoms with Crippen LogP contribution in [0.1, 0.15) is 110 Å². The summed E-state index contributed by atoms with van der Waals surface area (Å²) >= 11 is 0. The molecule has 0 radical (unpaired) electrons. The van der Waals surface area contributed by atoms with E-state index >= 15 is 0 Å². The maximum atomic E-state index is 2.53. The Hall–Kier alpha value is -0.790. The molecule has 2 heteroatoms. The Bertz CT molecular complexity index is 393. The smallest absolute Gasteiger partial charge is 0.234 e. The van der Waals surface area contributed by atoms with Crippen LogP contribution in [0.5, 0.6) is 0 Å². The van der Waals surface area contributed by atoms with Gasteiger partial charge < -0.3 is 0 Å². The highest BCUT2D eigenvalue weighted by molar-refractivity contribution is 4.86. The summed E-state index contributed by atoms with van der Waals surface area (Å²) in [4.78, 5) is 0. The van der Waals surface area contributed by atoms with Gasteiger partial charge in [-0.25, -0.2) is 9.13 Å². The summed E-state index contributed by atoms with van der Waals surface area (Å²) in [7, 11) is 0. The second-order valence-electron chi connectivity index (χ2n) is 7.34. The molecule has 0 bridgehead atoms.